The Morgan fingerprint density at radius 2 is 1.74 bits per heavy atom. The van der Waals surface area contributed by atoms with Crippen molar-refractivity contribution in [2.24, 2.45) is 29.6 Å². The van der Waals surface area contributed by atoms with Crippen LogP contribution in [-0.2, 0) is 28.5 Å². The van der Waals surface area contributed by atoms with Crippen molar-refractivity contribution in [1.82, 2.24) is 0 Å². The minimum absolute atomic E-state index is 0.0163. The van der Waals surface area contributed by atoms with Crippen LogP contribution in [0.3, 0.4) is 0 Å². The monoisotopic (exact) mass is 706 g/mol. The van der Waals surface area contributed by atoms with E-state index in [1.54, 1.807) is 20.8 Å². The third-order valence-electron chi connectivity index (χ3n) is 11.0. The second-order valence-electron chi connectivity index (χ2n) is 15.7. The number of hydrogen-bond acceptors (Lipinski definition) is 10. The summed E-state index contributed by atoms with van der Waals surface area (Å²) in [7, 11) is 0. The van der Waals surface area contributed by atoms with Gasteiger partial charge in [-0.3, -0.25) is 9.59 Å². The average molecular weight is 707 g/mol. The van der Waals surface area contributed by atoms with Crippen LogP contribution in [0.4, 0.5) is 0 Å². The highest BCUT2D eigenvalue weighted by Gasteiger charge is 2.40. The summed E-state index contributed by atoms with van der Waals surface area (Å²) in [4.78, 5) is 25.9. The Bertz CT molecular complexity index is 1180. The van der Waals surface area contributed by atoms with Crippen molar-refractivity contribution in [3.8, 4) is 0 Å². The van der Waals surface area contributed by atoms with E-state index in [0.717, 1.165) is 24.0 Å². The fourth-order valence-corrected chi connectivity index (χ4v) is 7.82. The maximum Gasteiger partial charge on any atom is 0.311 e. The van der Waals surface area contributed by atoms with Gasteiger partial charge in [0.1, 0.15) is 24.1 Å². The number of carbonyl (C=O) groups is 2. The zero-order valence-electron chi connectivity index (χ0n) is 31.9. The molecule has 10 nitrogen and oxygen atoms in total. The standard InChI is InChI=1S/C40H66O10/c1-10-32(41)29(8)36(44)26(5)20-28(7)38-27(6)19-23(2)15-16-31(48-35-21-33(42)37(45)30(9)47-35)14-12-11-13-24(3)39-25(4)17-18-40(46,50-39)22-34(43)49-38/h13,15-17,23,26-31,33,35-39,42,44-46H,10-12,14,18-22H2,1-9H3/b16-15?,24-13-/t23-,26+,27+,28+,29+,30+,31+,33+,35-,36-,37+,38-,39+,40+/m0/s1. The fourth-order valence-electron chi connectivity index (χ4n) is 7.82. The molecule has 3 rings (SSSR count). The summed E-state index contributed by atoms with van der Waals surface area (Å²) in [5.74, 6) is -3.05. The Labute approximate surface area is 300 Å². The Hall–Kier alpha value is -1.92. The number of ketones is 1. The number of cyclic esters (lactones) is 1. The van der Waals surface area contributed by atoms with Gasteiger partial charge in [0.25, 0.3) is 0 Å². The van der Waals surface area contributed by atoms with Gasteiger partial charge in [0.05, 0.1) is 30.8 Å². The van der Waals surface area contributed by atoms with E-state index in [0.29, 0.717) is 25.7 Å². The van der Waals surface area contributed by atoms with E-state index in [9.17, 15) is 30.0 Å². The van der Waals surface area contributed by atoms with Crippen molar-refractivity contribution in [2.75, 3.05) is 0 Å². The lowest BCUT2D eigenvalue weighted by Crippen LogP contribution is -2.48. The number of Topliss-reactive ketones (excluding diaryl/α,β-unsaturated/α-hetero) is 1. The third-order valence-corrected chi connectivity index (χ3v) is 11.0. The second-order valence-corrected chi connectivity index (χ2v) is 15.7. The molecule has 3 aliphatic heterocycles. The van der Waals surface area contributed by atoms with Crippen LogP contribution in [0.5, 0.6) is 0 Å². The molecule has 3 aliphatic rings. The topological polar surface area (TPSA) is 152 Å². The molecular weight excluding hydrogens is 640 g/mol. The molecule has 14 atom stereocenters. The van der Waals surface area contributed by atoms with Crippen LogP contribution in [0.15, 0.2) is 35.5 Å². The van der Waals surface area contributed by atoms with E-state index < -0.39 is 60.6 Å². The fraction of sp³-hybridized carbons (Fsp3) is 0.800. The summed E-state index contributed by atoms with van der Waals surface area (Å²) in [6.45, 7) is 17.3. The van der Waals surface area contributed by atoms with Crippen LogP contribution >= 0.6 is 0 Å². The van der Waals surface area contributed by atoms with Crippen molar-refractivity contribution < 1.29 is 49.0 Å². The van der Waals surface area contributed by atoms with Gasteiger partial charge in [0, 0.05) is 25.2 Å². The lowest BCUT2D eigenvalue weighted by Gasteiger charge is -2.38. The molecule has 0 radical (unpaired) electrons. The number of aliphatic hydroxyl groups is 4. The van der Waals surface area contributed by atoms with Crippen LogP contribution in [0, 0.1) is 29.6 Å². The molecule has 0 aromatic heterocycles. The maximum atomic E-state index is 13.6. The minimum Gasteiger partial charge on any atom is -0.462 e. The number of allylic oxidation sites excluding steroid dienone is 2. The van der Waals surface area contributed by atoms with E-state index in [2.05, 4.69) is 32.1 Å². The summed E-state index contributed by atoms with van der Waals surface area (Å²) in [5.41, 5.74) is 1.91. The first kappa shape index (κ1) is 42.5. The Kier molecular flexibility index (Phi) is 16.4. The number of rotatable bonds is 9. The number of aliphatic hydroxyl groups excluding tert-OH is 3. The largest absolute Gasteiger partial charge is 0.462 e. The first-order chi connectivity index (χ1) is 23.4. The SMILES string of the molecule is CCC(=O)[C@@H](C)[C@@H](O)[C@H](C)C[C@@H](C)[C@H]1OC(=O)C[C@@]2(O)CC=C(C)[C@H](O2)/C(C)=C\CCC[C@@H](O[C@H]2C[C@@H](O)[C@H](O)[C@@H](C)O2)C=C[C@H](C)C[C@H]1C. The van der Waals surface area contributed by atoms with Crippen LogP contribution in [0.25, 0.3) is 0 Å². The number of hydrogen-bond donors (Lipinski definition) is 4. The predicted octanol–water partition coefficient (Wildman–Crippen LogP) is 5.94. The van der Waals surface area contributed by atoms with Crippen molar-refractivity contribution in [2.45, 2.75) is 175 Å². The van der Waals surface area contributed by atoms with Gasteiger partial charge in [-0.2, -0.15) is 0 Å². The Balaban J connectivity index is 1.88. The highest BCUT2D eigenvalue weighted by molar-refractivity contribution is 5.80. The van der Waals surface area contributed by atoms with E-state index in [-0.39, 0.29) is 54.8 Å². The Morgan fingerprint density at radius 3 is 2.40 bits per heavy atom. The highest BCUT2D eigenvalue weighted by atomic mass is 16.7. The zero-order chi connectivity index (χ0) is 37.3. The van der Waals surface area contributed by atoms with Crippen LogP contribution in [0.1, 0.15) is 120 Å². The van der Waals surface area contributed by atoms with E-state index >= 15 is 0 Å². The zero-order valence-corrected chi connectivity index (χ0v) is 31.9. The molecule has 4 N–H and O–H groups in total. The van der Waals surface area contributed by atoms with Gasteiger partial charge in [0.15, 0.2) is 12.1 Å². The summed E-state index contributed by atoms with van der Waals surface area (Å²) in [5, 5.41) is 43.0. The maximum absolute atomic E-state index is 13.6. The molecule has 0 unspecified atom stereocenters. The minimum atomic E-state index is -1.71. The molecule has 0 aromatic rings. The van der Waals surface area contributed by atoms with Gasteiger partial charge in [-0.25, -0.2) is 0 Å². The summed E-state index contributed by atoms with van der Waals surface area (Å²) < 4.78 is 24.7. The molecule has 3 heterocycles. The third kappa shape index (κ3) is 12.1. The van der Waals surface area contributed by atoms with Gasteiger partial charge in [0.2, 0.25) is 0 Å². The Morgan fingerprint density at radius 1 is 1.06 bits per heavy atom. The van der Waals surface area contributed by atoms with E-state index in [1.807, 2.05) is 33.8 Å². The number of esters is 1. The molecule has 0 saturated carbocycles. The molecular formula is C40H66O10. The van der Waals surface area contributed by atoms with Gasteiger partial charge >= 0.3 is 5.97 Å². The molecule has 0 aliphatic carbocycles. The summed E-state index contributed by atoms with van der Waals surface area (Å²) in [6, 6.07) is 0. The predicted molar refractivity (Wildman–Crippen MR) is 192 cm³/mol. The van der Waals surface area contributed by atoms with Crippen molar-refractivity contribution in [3.05, 3.63) is 35.5 Å². The van der Waals surface area contributed by atoms with E-state index in [4.69, 9.17) is 18.9 Å². The normalized spacial score (nSPS) is 38.7. The number of carbonyl (C=O) groups excluding carboxylic acids is 2. The first-order valence-electron chi connectivity index (χ1n) is 18.9. The molecule has 2 bridgehead atoms. The average Bonchev–Trinajstić information content (AvgIpc) is 3.05. The molecule has 0 amide bonds. The van der Waals surface area contributed by atoms with Crippen LogP contribution in [-0.4, -0.2) is 87.0 Å². The molecule has 0 spiro atoms. The smallest absolute Gasteiger partial charge is 0.311 e. The number of ether oxygens (including phenoxy) is 4. The quantitative estimate of drug-likeness (QED) is 0.167. The summed E-state index contributed by atoms with van der Waals surface area (Å²) in [6.07, 6.45) is 6.93. The molecule has 1 fully saturated rings. The van der Waals surface area contributed by atoms with Crippen molar-refractivity contribution in [1.29, 1.82) is 0 Å². The molecule has 1 saturated heterocycles. The van der Waals surface area contributed by atoms with Crippen molar-refractivity contribution in [3.63, 3.8) is 0 Å². The second kappa shape index (κ2) is 19.2. The van der Waals surface area contributed by atoms with Gasteiger partial charge in [-0.15, -0.1) is 0 Å². The van der Waals surface area contributed by atoms with E-state index in [1.165, 1.54) is 0 Å². The lowest BCUT2D eigenvalue weighted by atomic mass is 9.79. The lowest BCUT2D eigenvalue weighted by molar-refractivity contribution is -0.254. The van der Waals surface area contributed by atoms with Gasteiger partial charge in [-0.1, -0.05) is 65.8 Å². The summed E-state index contributed by atoms with van der Waals surface area (Å²) >= 11 is 0. The highest BCUT2D eigenvalue weighted by Crippen LogP contribution is 2.35. The van der Waals surface area contributed by atoms with Gasteiger partial charge < -0.3 is 39.4 Å². The van der Waals surface area contributed by atoms with Crippen LogP contribution in [0.2, 0.25) is 0 Å². The van der Waals surface area contributed by atoms with Crippen LogP contribution < -0.4 is 0 Å². The molecule has 50 heavy (non-hydrogen) atoms. The first-order valence-corrected chi connectivity index (χ1v) is 18.9. The number of fused-ring (bicyclic) bond motifs is 2. The molecule has 286 valence electrons. The van der Waals surface area contributed by atoms with Gasteiger partial charge in [-0.05, 0) is 87.7 Å². The van der Waals surface area contributed by atoms with Crippen molar-refractivity contribution >= 4 is 11.8 Å². The molecule has 0 aromatic carbocycles. The molecule has 10 heteroatoms.